The number of amidine groups is 1. The molecule has 3 aromatic rings. The van der Waals surface area contributed by atoms with Gasteiger partial charge in [0.2, 0.25) is 0 Å². The van der Waals surface area contributed by atoms with E-state index in [4.69, 9.17) is 15.6 Å². The first-order chi connectivity index (χ1) is 18.7. The number of hydrogen-bond donors (Lipinski definition) is 4. The minimum Gasteiger partial charge on any atom is -0.496 e. The molecule has 2 aromatic carbocycles. The molecule has 202 valence electrons. The molecule has 0 spiro atoms. The van der Waals surface area contributed by atoms with E-state index in [9.17, 15) is 19.1 Å². The maximum absolute atomic E-state index is 13.3. The summed E-state index contributed by atoms with van der Waals surface area (Å²) < 4.78 is 18.8. The van der Waals surface area contributed by atoms with Gasteiger partial charge in [-0.25, -0.2) is 9.37 Å². The molecule has 0 aliphatic carbocycles. The van der Waals surface area contributed by atoms with Crippen molar-refractivity contribution >= 4 is 29.8 Å². The van der Waals surface area contributed by atoms with Gasteiger partial charge in [0.05, 0.1) is 31.7 Å². The zero-order chi connectivity index (χ0) is 28.1. The van der Waals surface area contributed by atoms with Crippen molar-refractivity contribution in [3.63, 3.8) is 0 Å². The van der Waals surface area contributed by atoms with E-state index in [1.165, 1.54) is 36.3 Å². The van der Waals surface area contributed by atoms with E-state index < -0.39 is 17.8 Å². The van der Waals surface area contributed by atoms with Crippen LogP contribution in [0.3, 0.4) is 0 Å². The van der Waals surface area contributed by atoms with Gasteiger partial charge < -0.3 is 25.0 Å². The number of halogens is 1. The second-order valence-corrected chi connectivity index (χ2v) is 9.08. The van der Waals surface area contributed by atoms with Crippen LogP contribution in [0.25, 0.3) is 0 Å². The monoisotopic (exact) mass is 532 g/mol. The van der Waals surface area contributed by atoms with Crippen LogP contribution in [-0.2, 0) is 13.0 Å². The predicted octanol–water partition coefficient (Wildman–Crippen LogP) is 3.30. The van der Waals surface area contributed by atoms with Gasteiger partial charge in [-0.2, -0.15) is 0 Å². The van der Waals surface area contributed by atoms with Gasteiger partial charge in [-0.15, -0.1) is 0 Å². The number of methoxy groups -OCH3 is 1. The summed E-state index contributed by atoms with van der Waals surface area (Å²) in [5.41, 5.74) is 2.61. The molecule has 10 nitrogen and oxygen atoms in total. The lowest BCUT2D eigenvalue weighted by Gasteiger charge is -2.30. The minimum atomic E-state index is -0.496. The predicted molar refractivity (Wildman–Crippen MR) is 144 cm³/mol. The Morgan fingerprint density at radius 3 is 2.64 bits per heavy atom. The van der Waals surface area contributed by atoms with Gasteiger partial charge in [0, 0.05) is 18.7 Å². The normalized spacial score (nSPS) is 13.2. The van der Waals surface area contributed by atoms with Crippen LogP contribution in [0.4, 0.5) is 10.2 Å². The lowest BCUT2D eigenvalue weighted by Crippen LogP contribution is -2.39. The highest BCUT2D eigenvalue weighted by Gasteiger charge is 2.25. The molecular weight excluding hydrogens is 503 g/mol. The van der Waals surface area contributed by atoms with Crippen LogP contribution in [0.1, 0.15) is 44.5 Å². The van der Waals surface area contributed by atoms with Crippen LogP contribution in [0, 0.1) is 16.6 Å². The minimum absolute atomic E-state index is 0.0973. The number of aromatic nitrogens is 1. The molecule has 1 atom stereocenters. The summed E-state index contributed by atoms with van der Waals surface area (Å²) in [5.74, 6) is -0.653. The third-order valence-corrected chi connectivity index (χ3v) is 6.53. The van der Waals surface area contributed by atoms with Gasteiger partial charge in [-0.3, -0.25) is 20.4 Å². The fourth-order valence-electron chi connectivity index (χ4n) is 4.33. The third kappa shape index (κ3) is 5.93. The van der Waals surface area contributed by atoms with Crippen molar-refractivity contribution in [1.82, 2.24) is 14.8 Å². The quantitative estimate of drug-likeness (QED) is 0.259. The van der Waals surface area contributed by atoms with Crippen LogP contribution >= 0.6 is 0 Å². The Balaban J connectivity index is 1.55. The fourth-order valence-corrected chi connectivity index (χ4v) is 4.33. The lowest BCUT2D eigenvalue weighted by atomic mass is 9.95. The first-order valence-electron chi connectivity index (χ1n) is 12.3. The summed E-state index contributed by atoms with van der Waals surface area (Å²) in [5, 5.41) is 28.1. The van der Waals surface area contributed by atoms with Crippen LogP contribution in [-0.4, -0.2) is 70.2 Å². The number of aliphatic hydroxyl groups is 1. The Hall–Kier alpha value is -4.64. The highest BCUT2D eigenvalue weighted by Crippen LogP contribution is 2.29. The number of rotatable bonds is 8. The number of nitrogens with zero attached hydrogens (tertiary/aromatic N) is 3. The summed E-state index contributed by atoms with van der Waals surface area (Å²) in [6.45, 7) is 2.17. The van der Waals surface area contributed by atoms with Crippen LogP contribution < -0.4 is 10.1 Å². The number of hydrogen-bond acceptors (Lipinski definition) is 7. The van der Waals surface area contributed by atoms with Crippen LogP contribution in [0.2, 0.25) is 0 Å². The Morgan fingerprint density at radius 2 is 1.97 bits per heavy atom. The van der Waals surface area contributed by atoms with E-state index in [-0.39, 0.29) is 42.0 Å². The summed E-state index contributed by atoms with van der Waals surface area (Å²) in [7, 11) is 1.47. The Bertz CT molecular complexity index is 1410. The maximum atomic E-state index is 13.3. The second-order valence-electron chi connectivity index (χ2n) is 9.08. The van der Waals surface area contributed by atoms with Crippen molar-refractivity contribution < 1.29 is 23.8 Å². The summed E-state index contributed by atoms with van der Waals surface area (Å²) in [6, 6.07) is 13.2. The van der Waals surface area contributed by atoms with Crippen molar-refractivity contribution in [3.05, 3.63) is 88.4 Å². The molecule has 0 saturated heterocycles. The Labute approximate surface area is 225 Å². The first kappa shape index (κ1) is 27.4. The highest BCUT2D eigenvalue weighted by molar-refractivity contribution is 6.07. The molecule has 4 rings (SSSR count). The standard InChI is InChI=1S/C28H29FN6O4/c1-17(15-36)35(16-30)26(31)23-4-3-5-25(32-23)33-27(37)22-12-20-14-34(11-10-19(20)13-24(22)39-2)28(38)18-6-8-21(29)9-7-18/h3-9,12-13,16-17,30-31,36H,10-11,14-15H2,1-2H3,(H,32,33,37). The lowest BCUT2D eigenvalue weighted by molar-refractivity contribution is 0.0734. The molecule has 1 aromatic heterocycles. The topological polar surface area (TPSA) is 143 Å². The zero-order valence-electron chi connectivity index (χ0n) is 21.6. The number of carbonyl (C=O) groups is 2. The van der Waals surface area contributed by atoms with E-state index in [2.05, 4.69) is 10.3 Å². The number of aliphatic hydroxyl groups excluding tert-OH is 1. The highest BCUT2D eigenvalue weighted by atomic mass is 19.1. The summed E-state index contributed by atoms with van der Waals surface area (Å²) >= 11 is 0. The number of fused-ring (bicyclic) bond motifs is 1. The summed E-state index contributed by atoms with van der Waals surface area (Å²) in [6.07, 6.45) is 1.51. The van der Waals surface area contributed by atoms with Gasteiger partial charge in [0.25, 0.3) is 11.8 Å². The van der Waals surface area contributed by atoms with E-state index in [0.29, 0.717) is 24.3 Å². The van der Waals surface area contributed by atoms with Gasteiger partial charge in [-0.1, -0.05) is 6.07 Å². The van der Waals surface area contributed by atoms with Crippen molar-refractivity contribution in [2.45, 2.75) is 25.9 Å². The van der Waals surface area contributed by atoms with Crippen LogP contribution in [0.5, 0.6) is 5.75 Å². The molecule has 2 amide bonds. The molecule has 1 aliphatic heterocycles. The number of ether oxygens (including phenoxy) is 1. The van der Waals surface area contributed by atoms with E-state index >= 15 is 0 Å². The first-order valence-corrected chi connectivity index (χ1v) is 12.3. The maximum Gasteiger partial charge on any atom is 0.260 e. The zero-order valence-corrected chi connectivity index (χ0v) is 21.6. The smallest absolute Gasteiger partial charge is 0.260 e. The number of benzene rings is 2. The Kier molecular flexibility index (Phi) is 8.30. The average Bonchev–Trinajstić information content (AvgIpc) is 2.96. The molecule has 4 N–H and O–H groups in total. The van der Waals surface area contributed by atoms with Crippen molar-refractivity contribution in [1.29, 1.82) is 10.8 Å². The van der Waals surface area contributed by atoms with Crippen molar-refractivity contribution in [2.75, 3.05) is 25.6 Å². The molecule has 11 heteroatoms. The number of pyridine rings is 1. The Morgan fingerprint density at radius 1 is 1.23 bits per heavy atom. The van der Waals surface area contributed by atoms with Gasteiger partial charge >= 0.3 is 0 Å². The average molecular weight is 533 g/mol. The van der Waals surface area contributed by atoms with Gasteiger partial charge in [0.1, 0.15) is 23.1 Å². The SMILES string of the molecule is COc1cc2c(cc1C(=O)Nc1cccc(C(=N)N(C=N)C(C)CO)n1)CN(C(=O)c1ccc(F)cc1)CC2. The van der Waals surface area contributed by atoms with Crippen molar-refractivity contribution in [3.8, 4) is 5.75 Å². The number of amides is 2. The molecule has 0 bridgehead atoms. The van der Waals surface area contributed by atoms with E-state index in [1.54, 1.807) is 42.2 Å². The molecule has 0 radical (unpaired) electrons. The number of anilines is 1. The molecule has 0 saturated carbocycles. The molecular formula is C28H29FN6O4. The largest absolute Gasteiger partial charge is 0.496 e. The van der Waals surface area contributed by atoms with Gasteiger partial charge in [-0.05, 0) is 73.0 Å². The van der Waals surface area contributed by atoms with Crippen molar-refractivity contribution in [2.24, 2.45) is 0 Å². The molecule has 39 heavy (non-hydrogen) atoms. The molecule has 2 heterocycles. The fraction of sp³-hybridized carbons (Fsp3) is 0.250. The molecule has 1 unspecified atom stereocenters. The van der Waals surface area contributed by atoms with Crippen LogP contribution in [0.15, 0.2) is 54.6 Å². The van der Waals surface area contributed by atoms with E-state index in [0.717, 1.165) is 17.5 Å². The second kappa shape index (κ2) is 11.8. The molecule has 1 aliphatic rings. The van der Waals surface area contributed by atoms with Gasteiger partial charge in [0.15, 0.2) is 5.84 Å². The summed E-state index contributed by atoms with van der Waals surface area (Å²) in [4.78, 5) is 33.5. The molecule has 0 fully saturated rings. The third-order valence-electron chi connectivity index (χ3n) is 6.53. The number of carbonyl (C=O) groups excluding carboxylic acids is 2. The number of nitrogens with one attached hydrogen (secondary N) is 3. The van der Waals surface area contributed by atoms with E-state index in [1.807, 2.05) is 0 Å².